The van der Waals surface area contributed by atoms with Crippen molar-refractivity contribution in [1.82, 2.24) is 10.2 Å². The highest BCUT2D eigenvalue weighted by Crippen LogP contribution is 2.20. The van der Waals surface area contributed by atoms with Crippen LogP contribution in [0.2, 0.25) is 0 Å². The second kappa shape index (κ2) is 5.39. The van der Waals surface area contributed by atoms with Crippen LogP contribution in [0.4, 0.5) is 17.2 Å². The number of aryl methyl sites for hydroxylation is 1. The molecule has 1 aromatic heterocycles. The third-order valence-electron chi connectivity index (χ3n) is 2.72. The van der Waals surface area contributed by atoms with Gasteiger partial charge in [0.05, 0.1) is 6.20 Å². The Bertz CT molecular complexity index is 459. The number of benzene rings is 1. The Balaban J connectivity index is 2.01. The molecule has 1 heterocycles. The molecule has 0 bridgehead atoms. The summed E-state index contributed by atoms with van der Waals surface area (Å²) in [6.45, 7) is 2.21. The number of nitrogens with two attached hydrogens (primary N) is 1. The van der Waals surface area contributed by atoms with Gasteiger partial charge >= 0.3 is 0 Å². The molecule has 0 spiro atoms. The first-order valence-electron chi connectivity index (χ1n) is 5.94. The van der Waals surface area contributed by atoms with Gasteiger partial charge in [-0.2, -0.15) is 5.10 Å². The third-order valence-corrected chi connectivity index (χ3v) is 2.72. The van der Waals surface area contributed by atoms with Crippen LogP contribution in [0.1, 0.15) is 25.3 Å². The SMILES string of the molecule is CCCCc1ccc(Nc2cn[nH]c2N)cc1. The fraction of sp³-hybridized carbons (Fsp3) is 0.308. The van der Waals surface area contributed by atoms with Crippen molar-refractivity contribution in [3.05, 3.63) is 36.0 Å². The van der Waals surface area contributed by atoms with Crippen LogP contribution in [0, 0.1) is 0 Å². The second-order valence-corrected chi connectivity index (χ2v) is 4.12. The van der Waals surface area contributed by atoms with E-state index in [0.29, 0.717) is 5.82 Å². The van der Waals surface area contributed by atoms with E-state index in [1.165, 1.54) is 18.4 Å². The molecule has 0 aliphatic carbocycles. The van der Waals surface area contributed by atoms with Crippen LogP contribution in [0.3, 0.4) is 0 Å². The minimum atomic E-state index is 0.556. The summed E-state index contributed by atoms with van der Waals surface area (Å²) in [5.41, 5.74) is 8.91. The average Bonchev–Trinajstić information content (AvgIpc) is 2.74. The van der Waals surface area contributed by atoms with Crippen molar-refractivity contribution in [2.75, 3.05) is 11.1 Å². The highest BCUT2D eigenvalue weighted by molar-refractivity contribution is 5.68. The summed E-state index contributed by atoms with van der Waals surface area (Å²) in [6.07, 6.45) is 5.29. The van der Waals surface area contributed by atoms with Gasteiger partial charge in [-0.3, -0.25) is 5.10 Å². The van der Waals surface area contributed by atoms with Crippen molar-refractivity contribution in [3.8, 4) is 0 Å². The number of rotatable bonds is 5. The number of nitrogen functional groups attached to an aromatic ring is 1. The van der Waals surface area contributed by atoms with E-state index >= 15 is 0 Å². The standard InChI is InChI=1S/C13H18N4/c1-2-3-4-10-5-7-11(8-6-10)16-12-9-15-17-13(12)14/h5-9,16H,2-4H2,1H3,(H3,14,15,17). The van der Waals surface area contributed by atoms with E-state index < -0.39 is 0 Å². The first-order valence-corrected chi connectivity index (χ1v) is 5.94. The van der Waals surface area contributed by atoms with E-state index in [0.717, 1.165) is 17.8 Å². The van der Waals surface area contributed by atoms with Crippen LogP contribution < -0.4 is 11.1 Å². The molecular weight excluding hydrogens is 212 g/mol. The molecule has 0 atom stereocenters. The highest BCUT2D eigenvalue weighted by atomic mass is 15.2. The molecule has 4 heteroatoms. The molecule has 90 valence electrons. The lowest BCUT2D eigenvalue weighted by atomic mass is 10.1. The molecule has 0 fully saturated rings. The van der Waals surface area contributed by atoms with Gasteiger partial charge in [-0.05, 0) is 30.5 Å². The lowest BCUT2D eigenvalue weighted by Gasteiger charge is -2.06. The molecule has 0 saturated carbocycles. The van der Waals surface area contributed by atoms with E-state index in [4.69, 9.17) is 5.73 Å². The van der Waals surface area contributed by atoms with E-state index in [1.807, 2.05) is 0 Å². The maximum Gasteiger partial charge on any atom is 0.143 e. The van der Waals surface area contributed by atoms with Crippen molar-refractivity contribution in [1.29, 1.82) is 0 Å². The first-order chi connectivity index (χ1) is 8.29. The summed E-state index contributed by atoms with van der Waals surface area (Å²) in [5.74, 6) is 0.556. The summed E-state index contributed by atoms with van der Waals surface area (Å²) in [4.78, 5) is 0. The summed E-state index contributed by atoms with van der Waals surface area (Å²) >= 11 is 0. The maximum absolute atomic E-state index is 5.70. The minimum Gasteiger partial charge on any atom is -0.382 e. The molecule has 2 aromatic rings. The Morgan fingerprint density at radius 1 is 1.29 bits per heavy atom. The summed E-state index contributed by atoms with van der Waals surface area (Å²) in [6, 6.07) is 8.43. The molecule has 0 radical (unpaired) electrons. The molecule has 0 unspecified atom stereocenters. The normalized spacial score (nSPS) is 10.4. The van der Waals surface area contributed by atoms with E-state index in [-0.39, 0.29) is 0 Å². The fourth-order valence-corrected chi connectivity index (χ4v) is 1.69. The molecule has 17 heavy (non-hydrogen) atoms. The van der Waals surface area contributed by atoms with Gasteiger partial charge in [0, 0.05) is 5.69 Å². The Labute approximate surface area is 101 Å². The number of hydrogen-bond donors (Lipinski definition) is 3. The Hall–Kier alpha value is -1.97. The Kier molecular flexibility index (Phi) is 3.65. The summed E-state index contributed by atoms with van der Waals surface area (Å²) in [5, 5.41) is 9.77. The number of unbranched alkanes of at least 4 members (excludes halogenated alkanes) is 1. The smallest absolute Gasteiger partial charge is 0.143 e. The number of aromatic nitrogens is 2. The third kappa shape index (κ3) is 3.00. The Morgan fingerprint density at radius 3 is 2.65 bits per heavy atom. The van der Waals surface area contributed by atoms with Crippen LogP contribution in [0.5, 0.6) is 0 Å². The van der Waals surface area contributed by atoms with Crippen LogP contribution in [-0.2, 0) is 6.42 Å². The van der Waals surface area contributed by atoms with Gasteiger partial charge in [0.2, 0.25) is 0 Å². The number of nitrogens with zero attached hydrogens (tertiary/aromatic N) is 1. The van der Waals surface area contributed by atoms with Crippen LogP contribution >= 0.6 is 0 Å². The van der Waals surface area contributed by atoms with Crippen LogP contribution in [0.25, 0.3) is 0 Å². The Morgan fingerprint density at radius 2 is 2.06 bits per heavy atom. The van der Waals surface area contributed by atoms with E-state index in [2.05, 4.69) is 46.7 Å². The predicted octanol–water partition coefficient (Wildman–Crippen LogP) is 3.08. The van der Waals surface area contributed by atoms with Crippen molar-refractivity contribution in [3.63, 3.8) is 0 Å². The number of hydrogen-bond acceptors (Lipinski definition) is 3. The molecular formula is C13H18N4. The first kappa shape index (κ1) is 11.5. The minimum absolute atomic E-state index is 0.556. The monoisotopic (exact) mass is 230 g/mol. The zero-order chi connectivity index (χ0) is 12.1. The van der Waals surface area contributed by atoms with Gasteiger partial charge in [0.1, 0.15) is 11.5 Å². The maximum atomic E-state index is 5.70. The zero-order valence-electron chi connectivity index (χ0n) is 10.0. The molecule has 0 saturated heterocycles. The van der Waals surface area contributed by atoms with E-state index in [9.17, 15) is 0 Å². The van der Waals surface area contributed by atoms with E-state index in [1.54, 1.807) is 6.20 Å². The van der Waals surface area contributed by atoms with Gasteiger partial charge < -0.3 is 11.1 Å². The summed E-state index contributed by atoms with van der Waals surface area (Å²) in [7, 11) is 0. The lowest BCUT2D eigenvalue weighted by Crippen LogP contribution is -1.94. The van der Waals surface area contributed by atoms with Crippen LogP contribution in [-0.4, -0.2) is 10.2 Å². The zero-order valence-corrected chi connectivity index (χ0v) is 10.0. The average molecular weight is 230 g/mol. The number of H-pyrrole nitrogens is 1. The van der Waals surface area contributed by atoms with Crippen molar-refractivity contribution in [2.45, 2.75) is 26.2 Å². The molecule has 4 nitrogen and oxygen atoms in total. The predicted molar refractivity (Wildman–Crippen MR) is 71.3 cm³/mol. The molecule has 0 amide bonds. The molecule has 4 N–H and O–H groups in total. The molecule has 1 aromatic carbocycles. The molecule has 0 aliphatic heterocycles. The number of anilines is 3. The molecule has 2 rings (SSSR count). The topological polar surface area (TPSA) is 66.7 Å². The van der Waals surface area contributed by atoms with Gasteiger partial charge in [-0.25, -0.2) is 0 Å². The van der Waals surface area contributed by atoms with Gasteiger partial charge in [0.25, 0.3) is 0 Å². The lowest BCUT2D eigenvalue weighted by molar-refractivity contribution is 0.795. The fourth-order valence-electron chi connectivity index (χ4n) is 1.69. The summed E-state index contributed by atoms with van der Waals surface area (Å²) < 4.78 is 0. The van der Waals surface area contributed by atoms with Gasteiger partial charge in [-0.15, -0.1) is 0 Å². The van der Waals surface area contributed by atoms with Gasteiger partial charge in [0.15, 0.2) is 0 Å². The van der Waals surface area contributed by atoms with Crippen molar-refractivity contribution < 1.29 is 0 Å². The highest BCUT2D eigenvalue weighted by Gasteiger charge is 2.01. The number of nitrogens with one attached hydrogen (secondary N) is 2. The largest absolute Gasteiger partial charge is 0.382 e. The quantitative estimate of drug-likeness (QED) is 0.739. The van der Waals surface area contributed by atoms with Gasteiger partial charge in [-0.1, -0.05) is 25.5 Å². The van der Waals surface area contributed by atoms with Crippen molar-refractivity contribution in [2.24, 2.45) is 0 Å². The van der Waals surface area contributed by atoms with Crippen LogP contribution in [0.15, 0.2) is 30.5 Å². The van der Waals surface area contributed by atoms with Crippen molar-refractivity contribution >= 4 is 17.2 Å². The second-order valence-electron chi connectivity index (χ2n) is 4.12. The number of aromatic amines is 1. The molecule has 0 aliphatic rings.